The first kappa shape index (κ1) is 70.3. The Hall–Kier alpha value is -3.67. The predicted octanol–water partition coefficient (Wildman–Crippen LogP) is 21.3. The summed E-state index contributed by atoms with van der Waals surface area (Å²) in [7, 11) is 0. The second kappa shape index (κ2) is 61.9. The van der Waals surface area contributed by atoms with Crippen molar-refractivity contribution in [1.82, 2.24) is 0 Å². The van der Waals surface area contributed by atoms with Gasteiger partial charge in [0.1, 0.15) is 13.2 Å². The molecular weight excluding hydrogens is 913 g/mol. The highest BCUT2D eigenvalue weighted by Gasteiger charge is 2.19. The fourth-order valence-corrected chi connectivity index (χ4v) is 8.72. The van der Waals surface area contributed by atoms with Gasteiger partial charge in [-0.15, -0.1) is 0 Å². The molecule has 0 amide bonds. The molecule has 0 aromatic carbocycles. The van der Waals surface area contributed by atoms with E-state index in [1.54, 1.807) is 0 Å². The smallest absolute Gasteiger partial charge is 0.306 e. The number of ether oxygens (including phenoxy) is 3. The SMILES string of the molecule is CC/C=C\C/C=C\C/C=C\C/C=C\CCCCCCC(=O)OC(COC(=O)CCCC/C=C\C/C=C\C/C=C\C/C=C\CC)COC(=O)CCCCCCCCCCCCCCCCCCCCCCCCCC. The Morgan fingerprint density at radius 3 is 0.851 bits per heavy atom. The molecule has 0 heterocycles. The maximum absolute atomic E-state index is 12.9. The minimum Gasteiger partial charge on any atom is -0.462 e. The lowest BCUT2D eigenvalue weighted by atomic mass is 10.0. The lowest BCUT2D eigenvalue weighted by molar-refractivity contribution is -0.167. The third-order valence-electron chi connectivity index (χ3n) is 13.3. The molecule has 0 spiro atoms. The summed E-state index contributed by atoms with van der Waals surface area (Å²) in [6.45, 7) is 6.38. The number of carbonyl (C=O) groups is 3. The van der Waals surface area contributed by atoms with E-state index in [1.807, 2.05) is 0 Å². The zero-order chi connectivity index (χ0) is 53.6. The molecule has 0 radical (unpaired) electrons. The van der Waals surface area contributed by atoms with E-state index in [2.05, 4.69) is 118 Å². The lowest BCUT2D eigenvalue weighted by Gasteiger charge is -2.18. The number of esters is 3. The molecule has 0 aliphatic rings. The van der Waals surface area contributed by atoms with E-state index in [1.165, 1.54) is 135 Å². The third kappa shape index (κ3) is 59.2. The molecule has 0 N–H and O–H groups in total. The molecule has 0 aliphatic carbocycles. The molecule has 0 bridgehead atoms. The van der Waals surface area contributed by atoms with Gasteiger partial charge in [-0.1, -0.05) is 279 Å². The van der Waals surface area contributed by atoms with Crippen LogP contribution in [0.1, 0.15) is 297 Å². The Bertz CT molecular complexity index is 1460. The topological polar surface area (TPSA) is 78.9 Å². The lowest BCUT2D eigenvalue weighted by Crippen LogP contribution is -2.30. The molecule has 1 unspecified atom stereocenters. The Labute approximate surface area is 457 Å². The molecule has 0 aliphatic heterocycles. The Morgan fingerprint density at radius 1 is 0.284 bits per heavy atom. The quantitative estimate of drug-likeness (QED) is 0.0261. The molecular formula is C68H116O6. The maximum atomic E-state index is 12.9. The van der Waals surface area contributed by atoms with E-state index < -0.39 is 6.10 Å². The largest absolute Gasteiger partial charge is 0.462 e. The van der Waals surface area contributed by atoms with Gasteiger partial charge in [-0.05, 0) is 96.3 Å². The summed E-state index contributed by atoms with van der Waals surface area (Å²) >= 11 is 0. The highest BCUT2D eigenvalue weighted by Crippen LogP contribution is 2.17. The van der Waals surface area contributed by atoms with Crippen molar-refractivity contribution in [2.45, 2.75) is 303 Å². The Kier molecular flexibility index (Phi) is 58.8. The van der Waals surface area contributed by atoms with Gasteiger partial charge in [-0.25, -0.2) is 0 Å². The predicted molar refractivity (Wildman–Crippen MR) is 320 cm³/mol. The van der Waals surface area contributed by atoms with Crippen LogP contribution in [0.15, 0.2) is 97.2 Å². The van der Waals surface area contributed by atoms with Crippen LogP contribution in [0.4, 0.5) is 0 Å². The van der Waals surface area contributed by atoms with Crippen LogP contribution in [-0.4, -0.2) is 37.2 Å². The third-order valence-corrected chi connectivity index (χ3v) is 13.3. The molecule has 1 atom stereocenters. The fourth-order valence-electron chi connectivity index (χ4n) is 8.72. The first-order chi connectivity index (χ1) is 36.5. The Morgan fingerprint density at radius 2 is 0.527 bits per heavy atom. The number of hydrogen-bond acceptors (Lipinski definition) is 6. The minimum atomic E-state index is -0.808. The van der Waals surface area contributed by atoms with Crippen LogP contribution in [0, 0.1) is 0 Å². The summed E-state index contributed by atoms with van der Waals surface area (Å²) in [5, 5.41) is 0. The second-order valence-corrected chi connectivity index (χ2v) is 20.6. The summed E-state index contributed by atoms with van der Waals surface area (Å²) in [5.74, 6) is -0.958. The van der Waals surface area contributed by atoms with Gasteiger partial charge in [0.15, 0.2) is 6.10 Å². The van der Waals surface area contributed by atoms with E-state index in [0.717, 1.165) is 122 Å². The van der Waals surface area contributed by atoms with Crippen LogP contribution in [0.2, 0.25) is 0 Å². The van der Waals surface area contributed by atoms with Crippen LogP contribution in [0.5, 0.6) is 0 Å². The van der Waals surface area contributed by atoms with E-state index in [-0.39, 0.29) is 31.1 Å². The molecule has 0 rings (SSSR count). The average Bonchev–Trinajstić information content (AvgIpc) is 3.40. The minimum absolute atomic E-state index is 0.0993. The van der Waals surface area contributed by atoms with Crippen LogP contribution in [0.3, 0.4) is 0 Å². The first-order valence-electron chi connectivity index (χ1n) is 31.2. The molecule has 6 heteroatoms. The first-order valence-corrected chi connectivity index (χ1v) is 31.2. The van der Waals surface area contributed by atoms with Crippen molar-refractivity contribution in [2.24, 2.45) is 0 Å². The van der Waals surface area contributed by atoms with E-state index >= 15 is 0 Å². The molecule has 424 valence electrons. The van der Waals surface area contributed by atoms with Gasteiger partial charge in [0.25, 0.3) is 0 Å². The number of unbranched alkanes of at least 4 members (excludes halogenated alkanes) is 29. The van der Waals surface area contributed by atoms with Crippen molar-refractivity contribution >= 4 is 17.9 Å². The fraction of sp³-hybridized carbons (Fsp3) is 0.721. The molecule has 0 aromatic rings. The van der Waals surface area contributed by atoms with E-state index in [4.69, 9.17) is 14.2 Å². The van der Waals surface area contributed by atoms with Gasteiger partial charge >= 0.3 is 17.9 Å². The molecule has 0 saturated heterocycles. The zero-order valence-electron chi connectivity index (χ0n) is 48.6. The van der Waals surface area contributed by atoms with Crippen molar-refractivity contribution in [1.29, 1.82) is 0 Å². The number of hydrogen-bond donors (Lipinski definition) is 0. The van der Waals surface area contributed by atoms with Crippen LogP contribution >= 0.6 is 0 Å². The van der Waals surface area contributed by atoms with Gasteiger partial charge < -0.3 is 14.2 Å². The van der Waals surface area contributed by atoms with Gasteiger partial charge in [0.2, 0.25) is 0 Å². The summed E-state index contributed by atoms with van der Waals surface area (Å²) < 4.78 is 16.9. The van der Waals surface area contributed by atoms with Crippen molar-refractivity contribution in [3.8, 4) is 0 Å². The van der Waals surface area contributed by atoms with Crippen molar-refractivity contribution in [2.75, 3.05) is 13.2 Å². The molecule has 74 heavy (non-hydrogen) atoms. The average molecular weight is 1030 g/mol. The standard InChI is InChI=1S/C68H116O6/c1-4-7-10-13-16-19-22-25-28-30-31-32-33-34-35-36-38-40-43-46-49-52-55-58-61-67(70)73-64-65(63-72-66(69)60-57-54-51-48-45-42-39-27-24-21-18-15-12-9-6-3)74-68(71)62-59-56-53-50-47-44-41-37-29-26-23-20-17-14-11-8-5-2/h8-9,11-12,17-18,20-21,26-27,29,39,41,44-45,48,65H,4-7,10,13-16,19,22-25,28,30-38,40,42-43,46-47,49-64H2,1-3H3/b11-8-,12-9-,20-17-,21-18-,29-26-,39-27-,44-41-,48-45-. The summed E-state index contributed by atoms with van der Waals surface area (Å²) in [6.07, 6.45) is 82.8. The molecule has 6 nitrogen and oxygen atoms in total. The van der Waals surface area contributed by atoms with Gasteiger partial charge in [-0.2, -0.15) is 0 Å². The van der Waals surface area contributed by atoms with Gasteiger partial charge in [0, 0.05) is 19.3 Å². The number of rotatable bonds is 56. The second-order valence-electron chi connectivity index (χ2n) is 20.6. The maximum Gasteiger partial charge on any atom is 0.306 e. The Balaban J connectivity index is 4.37. The zero-order valence-corrected chi connectivity index (χ0v) is 48.6. The van der Waals surface area contributed by atoms with Crippen molar-refractivity contribution in [3.05, 3.63) is 97.2 Å². The monoisotopic (exact) mass is 1030 g/mol. The normalized spacial score (nSPS) is 12.7. The van der Waals surface area contributed by atoms with E-state index in [9.17, 15) is 14.4 Å². The molecule has 0 fully saturated rings. The molecule has 0 saturated carbocycles. The van der Waals surface area contributed by atoms with Crippen LogP contribution in [0.25, 0.3) is 0 Å². The summed E-state index contributed by atoms with van der Waals surface area (Å²) in [5.41, 5.74) is 0. The number of carbonyl (C=O) groups excluding carboxylic acids is 3. The number of allylic oxidation sites excluding steroid dienone is 16. The van der Waals surface area contributed by atoms with Crippen LogP contribution in [-0.2, 0) is 28.6 Å². The summed E-state index contributed by atoms with van der Waals surface area (Å²) in [4.78, 5) is 38.2. The van der Waals surface area contributed by atoms with Gasteiger partial charge in [-0.3, -0.25) is 14.4 Å². The van der Waals surface area contributed by atoms with Crippen LogP contribution < -0.4 is 0 Å². The summed E-state index contributed by atoms with van der Waals surface area (Å²) in [6, 6.07) is 0. The highest BCUT2D eigenvalue weighted by molar-refractivity contribution is 5.71. The molecule has 0 aromatic heterocycles. The van der Waals surface area contributed by atoms with Crippen molar-refractivity contribution < 1.29 is 28.6 Å². The van der Waals surface area contributed by atoms with Crippen molar-refractivity contribution in [3.63, 3.8) is 0 Å². The van der Waals surface area contributed by atoms with Gasteiger partial charge in [0.05, 0.1) is 0 Å². The van der Waals surface area contributed by atoms with E-state index in [0.29, 0.717) is 19.3 Å². The highest BCUT2D eigenvalue weighted by atomic mass is 16.6.